The van der Waals surface area contributed by atoms with Crippen molar-refractivity contribution in [3.05, 3.63) is 59.6 Å². The quantitative estimate of drug-likeness (QED) is 0.694. The molecule has 0 radical (unpaired) electrons. The van der Waals surface area contributed by atoms with Crippen LogP contribution in [0.2, 0.25) is 0 Å². The molecule has 4 rings (SSSR count). The molecule has 0 bridgehead atoms. The van der Waals surface area contributed by atoms with E-state index in [-0.39, 0.29) is 5.91 Å². The second-order valence-corrected chi connectivity index (χ2v) is 5.46. The molecule has 3 heterocycles. The Balaban J connectivity index is 1.78. The number of nitrogens with zero attached hydrogens (tertiary/aromatic N) is 4. The lowest BCUT2D eigenvalue weighted by molar-refractivity contribution is 0.0984. The summed E-state index contributed by atoms with van der Waals surface area (Å²) in [5.41, 5.74) is 1.73. The minimum atomic E-state index is -0.685. The first kappa shape index (κ1) is 13.8. The lowest BCUT2D eigenvalue weighted by atomic mass is 10.00. The van der Waals surface area contributed by atoms with Gasteiger partial charge < -0.3 is 4.90 Å². The van der Waals surface area contributed by atoms with Crippen molar-refractivity contribution < 1.29 is 13.6 Å². The normalized spacial score (nSPS) is 14.1. The molecule has 3 aromatic rings. The number of anilines is 1. The van der Waals surface area contributed by atoms with Crippen molar-refractivity contribution in [2.75, 3.05) is 11.4 Å². The van der Waals surface area contributed by atoms with Crippen molar-refractivity contribution in [1.82, 2.24) is 14.6 Å². The molecule has 23 heavy (non-hydrogen) atoms. The van der Waals surface area contributed by atoms with Crippen LogP contribution in [0.5, 0.6) is 0 Å². The van der Waals surface area contributed by atoms with Crippen molar-refractivity contribution in [3.8, 4) is 0 Å². The first-order valence-corrected chi connectivity index (χ1v) is 7.22. The molecule has 1 aliphatic heterocycles. The van der Waals surface area contributed by atoms with E-state index in [1.54, 1.807) is 22.7 Å². The number of carbonyl (C=O) groups is 1. The molecular weight excluding hydrogens is 302 g/mol. The van der Waals surface area contributed by atoms with Crippen LogP contribution in [0.3, 0.4) is 0 Å². The molecule has 0 fully saturated rings. The van der Waals surface area contributed by atoms with Gasteiger partial charge in [-0.1, -0.05) is 0 Å². The molecule has 1 aromatic carbocycles. The van der Waals surface area contributed by atoms with Gasteiger partial charge in [-0.2, -0.15) is 0 Å². The van der Waals surface area contributed by atoms with Crippen molar-refractivity contribution in [3.63, 3.8) is 0 Å². The summed E-state index contributed by atoms with van der Waals surface area (Å²) in [6.07, 6.45) is 4.24. The van der Waals surface area contributed by atoms with Gasteiger partial charge in [-0.25, -0.2) is 8.78 Å². The molecule has 0 atom stereocenters. The Bertz CT molecular complexity index is 922. The van der Waals surface area contributed by atoms with E-state index in [1.807, 2.05) is 0 Å². The highest BCUT2D eigenvalue weighted by Gasteiger charge is 2.26. The number of hydrogen-bond acceptors (Lipinski definition) is 3. The molecule has 0 aliphatic carbocycles. The Labute approximate surface area is 130 Å². The topological polar surface area (TPSA) is 50.5 Å². The summed E-state index contributed by atoms with van der Waals surface area (Å²) in [6, 6.07) is 5.39. The maximum absolute atomic E-state index is 13.9. The molecule has 116 valence electrons. The van der Waals surface area contributed by atoms with E-state index in [1.165, 1.54) is 17.3 Å². The Morgan fingerprint density at radius 2 is 2.09 bits per heavy atom. The highest BCUT2D eigenvalue weighted by Crippen LogP contribution is 2.31. The second kappa shape index (κ2) is 5.12. The molecule has 0 N–H and O–H groups in total. The van der Waals surface area contributed by atoms with E-state index < -0.39 is 11.6 Å². The zero-order valence-corrected chi connectivity index (χ0v) is 12.0. The van der Waals surface area contributed by atoms with Crippen molar-refractivity contribution in [1.29, 1.82) is 0 Å². The first-order chi connectivity index (χ1) is 11.1. The fourth-order valence-electron chi connectivity index (χ4n) is 2.93. The summed E-state index contributed by atoms with van der Waals surface area (Å²) < 4.78 is 29.1. The van der Waals surface area contributed by atoms with E-state index in [0.717, 1.165) is 6.07 Å². The monoisotopic (exact) mass is 314 g/mol. The third-order valence-corrected chi connectivity index (χ3v) is 4.02. The van der Waals surface area contributed by atoms with Gasteiger partial charge in [0.05, 0.1) is 11.3 Å². The minimum absolute atomic E-state index is 0.299. The van der Waals surface area contributed by atoms with E-state index in [9.17, 15) is 13.6 Å². The van der Waals surface area contributed by atoms with Gasteiger partial charge in [0.1, 0.15) is 18.0 Å². The predicted octanol–water partition coefficient (Wildman–Crippen LogP) is 2.60. The molecule has 1 aliphatic rings. The summed E-state index contributed by atoms with van der Waals surface area (Å²) in [4.78, 5) is 14.2. The van der Waals surface area contributed by atoms with Crippen molar-refractivity contribution in [2.24, 2.45) is 0 Å². The molecular formula is C16H12F2N4O. The number of fused-ring (bicyclic) bond motifs is 2. The maximum Gasteiger partial charge on any atom is 0.259 e. The number of amides is 1. The second-order valence-electron chi connectivity index (χ2n) is 5.46. The number of benzene rings is 1. The van der Waals surface area contributed by atoms with Gasteiger partial charge in [-0.3, -0.25) is 9.20 Å². The van der Waals surface area contributed by atoms with Crippen LogP contribution in [0.15, 0.2) is 36.8 Å². The van der Waals surface area contributed by atoms with Gasteiger partial charge in [0.25, 0.3) is 5.91 Å². The highest BCUT2D eigenvalue weighted by atomic mass is 19.1. The maximum atomic E-state index is 13.9. The molecule has 1 amide bonds. The van der Waals surface area contributed by atoms with Gasteiger partial charge >= 0.3 is 0 Å². The van der Waals surface area contributed by atoms with Crippen LogP contribution in [-0.2, 0) is 6.42 Å². The molecule has 5 nitrogen and oxygen atoms in total. The third kappa shape index (κ3) is 2.25. The van der Waals surface area contributed by atoms with Gasteiger partial charge in [-0.15, -0.1) is 10.2 Å². The molecule has 0 unspecified atom stereocenters. The lowest BCUT2D eigenvalue weighted by Crippen LogP contribution is -2.36. The van der Waals surface area contributed by atoms with Crippen LogP contribution < -0.4 is 4.90 Å². The summed E-state index contributed by atoms with van der Waals surface area (Å²) >= 11 is 0. The van der Waals surface area contributed by atoms with Crippen LogP contribution in [0.25, 0.3) is 5.65 Å². The van der Waals surface area contributed by atoms with Gasteiger partial charge in [0, 0.05) is 24.4 Å². The number of aromatic nitrogens is 3. The van der Waals surface area contributed by atoms with E-state index in [4.69, 9.17) is 0 Å². The number of carbonyl (C=O) groups excluding carboxylic acids is 1. The Morgan fingerprint density at radius 1 is 1.22 bits per heavy atom. The molecule has 0 saturated heterocycles. The number of rotatable bonds is 1. The van der Waals surface area contributed by atoms with Crippen LogP contribution in [0.1, 0.15) is 22.3 Å². The Kier molecular flexibility index (Phi) is 3.07. The number of pyridine rings is 1. The van der Waals surface area contributed by atoms with Crippen molar-refractivity contribution >= 4 is 17.2 Å². The average Bonchev–Trinajstić information content (AvgIpc) is 3.01. The fraction of sp³-hybridized carbons (Fsp3) is 0.188. The SMILES string of the molecule is O=C(c1ccc2nncn2c1)N1CCCc2c(F)cc(F)cc21. The molecule has 7 heteroatoms. The summed E-state index contributed by atoms with van der Waals surface area (Å²) in [6.45, 7) is 0.426. The Hall–Kier alpha value is -2.83. The number of halogens is 2. The molecule has 0 spiro atoms. The predicted molar refractivity (Wildman–Crippen MR) is 79.3 cm³/mol. The standard InChI is InChI=1S/C16H12F2N4O/c17-11-6-13(18)12-2-1-5-22(14(12)7-11)16(23)10-3-4-15-20-19-9-21(15)8-10/h3-4,6-9H,1-2,5H2. The average molecular weight is 314 g/mol. The van der Waals surface area contributed by atoms with Gasteiger partial charge in [0.15, 0.2) is 5.65 Å². The fourth-order valence-corrected chi connectivity index (χ4v) is 2.93. The highest BCUT2D eigenvalue weighted by molar-refractivity contribution is 6.06. The van der Waals surface area contributed by atoms with E-state index in [0.29, 0.717) is 41.8 Å². The summed E-state index contributed by atoms with van der Waals surface area (Å²) in [5, 5.41) is 7.64. The molecule has 0 saturated carbocycles. The van der Waals surface area contributed by atoms with Crippen LogP contribution >= 0.6 is 0 Å². The first-order valence-electron chi connectivity index (χ1n) is 7.22. The largest absolute Gasteiger partial charge is 0.308 e. The lowest BCUT2D eigenvalue weighted by Gasteiger charge is -2.29. The number of hydrogen-bond donors (Lipinski definition) is 0. The zero-order chi connectivity index (χ0) is 16.0. The van der Waals surface area contributed by atoms with E-state index in [2.05, 4.69) is 10.2 Å². The smallest absolute Gasteiger partial charge is 0.259 e. The third-order valence-electron chi connectivity index (χ3n) is 4.02. The van der Waals surface area contributed by atoms with Gasteiger partial charge in [-0.05, 0) is 31.0 Å². The Morgan fingerprint density at radius 3 is 2.96 bits per heavy atom. The van der Waals surface area contributed by atoms with Crippen molar-refractivity contribution in [2.45, 2.75) is 12.8 Å². The zero-order valence-electron chi connectivity index (χ0n) is 12.0. The minimum Gasteiger partial charge on any atom is -0.308 e. The summed E-state index contributed by atoms with van der Waals surface area (Å²) in [5.74, 6) is -1.59. The van der Waals surface area contributed by atoms with E-state index >= 15 is 0 Å². The summed E-state index contributed by atoms with van der Waals surface area (Å²) in [7, 11) is 0. The van der Waals surface area contributed by atoms with Crippen LogP contribution in [-0.4, -0.2) is 27.0 Å². The van der Waals surface area contributed by atoms with Crippen LogP contribution in [0.4, 0.5) is 14.5 Å². The molecule has 2 aromatic heterocycles. The van der Waals surface area contributed by atoms with Crippen LogP contribution in [0, 0.1) is 11.6 Å². The van der Waals surface area contributed by atoms with Gasteiger partial charge in [0.2, 0.25) is 0 Å².